The lowest BCUT2D eigenvalue weighted by Gasteiger charge is -2.41. The van der Waals surface area contributed by atoms with Gasteiger partial charge in [-0.1, -0.05) is 6.07 Å². The Morgan fingerprint density at radius 1 is 0.960 bits per heavy atom. The molecule has 0 N–H and O–H groups in total. The predicted molar refractivity (Wildman–Crippen MR) is 100 cm³/mol. The zero-order valence-corrected chi connectivity index (χ0v) is 16.3. The van der Waals surface area contributed by atoms with Gasteiger partial charge in [0.05, 0.1) is 4.90 Å². The summed E-state index contributed by atoms with van der Waals surface area (Å²) in [5.74, 6) is 0. The predicted octanol–water partition coefficient (Wildman–Crippen LogP) is 3.20. The third-order valence-corrected chi connectivity index (χ3v) is 8.37. The summed E-state index contributed by atoms with van der Waals surface area (Å²) in [5, 5.41) is 0. The van der Waals surface area contributed by atoms with Crippen molar-refractivity contribution in [2.45, 2.75) is 81.8 Å². The van der Waals surface area contributed by atoms with Crippen LogP contribution < -0.4 is 0 Å². The quantitative estimate of drug-likeness (QED) is 0.829. The summed E-state index contributed by atoms with van der Waals surface area (Å²) in [4.78, 5) is 3.07. The second kappa shape index (κ2) is 6.67. The molecule has 2 saturated heterocycles. The van der Waals surface area contributed by atoms with Crippen molar-refractivity contribution in [1.82, 2.24) is 9.21 Å². The van der Waals surface area contributed by atoms with Crippen LogP contribution in [-0.4, -0.2) is 48.8 Å². The molecule has 25 heavy (non-hydrogen) atoms. The minimum absolute atomic E-state index is 0.366. The van der Waals surface area contributed by atoms with E-state index in [1.807, 2.05) is 18.2 Å². The minimum atomic E-state index is -3.37. The molecule has 1 aromatic carbocycles. The summed E-state index contributed by atoms with van der Waals surface area (Å²) >= 11 is 0. The van der Waals surface area contributed by atoms with E-state index in [9.17, 15) is 8.42 Å². The van der Waals surface area contributed by atoms with Gasteiger partial charge in [-0.3, -0.25) is 4.90 Å². The number of benzene rings is 1. The van der Waals surface area contributed by atoms with Gasteiger partial charge in [-0.05, 0) is 82.1 Å². The van der Waals surface area contributed by atoms with Crippen molar-refractivity contribution in [1.29, 1.82) is 0 Å². The molecule has 0 amide bonds. The molecule has 138 valence electrons. The first-order valence-electron chi connectivity index (χ1n) is 9.86. The zero-order valence-electron chi connectivity index (χ0n) is 15.4. The number of hydrogen-bond acceptors (Lipinski definition) is 3. The summed E-state index contributed by atoms with van der Waals surface area (Å²) in [7, 11) is -3.37. The largest absolute Gasteiger partial charge is 0.294 e. The van der Waals surface area contributed by atoms with Gasteiger partial charge in [-0.2, -0.15) is 4.31 Å². The second-order valence-corrected chi connectivity index (χ2v) is 10.1. The number of fused-ring (bicyclic) bond motifs is 1. The Hall–Kier alpha value is -0.910. The smallest absolute Gasteiger partial charge is 0.243 e. The third kappa shape index (κ3) is 3.15. The summed E-state index contributed by atoms with van der Waals surface area (Å²) < 4.78 is 28.2. The van der Waals surface area contributed by atoms with Gasteiger partial charge < -0.3 is 0 Å². The highest BCUT2D eigenvalue weighted by Gasteiger charge is 2.38. The first-order valence-corrected chi connectivity index (χ1v) is 11.3. The van der Waals surface area contributed by atoms with Crippen molar-refractivity contribution in [2.75, 3.05) is 13.1 Å². The topological polar surface area (TPSA) is 40.6 Å². The fourth-order valence-electron chi connectivity index (χ4n) is 5.18. The Bertz CT molecular complexity index is 736. The Morgan fingerprint density at radius 3 is 2.44 bits per heavy atom. The van der Waals surface area contributed by atoms with Crippen LogP contribution in [0.15, 0.2) is 23.1 Å². The van der Waals surface area contributed by atoms with E-state index >= 15 is 0 Å². The molecule has 5 heteroatoms. The molecule has 1 aromatic rings. The van der Waals surface area contributed by atoms with Crippen molar-refractivity contribution < 1.29 is 8.42 Å². The second-order valence-electron chi connectivity index (χ2n) is 8.17. The number of hydrogen-bond donors (Lipinski definition) is 0. The molecular weight excluding hydrogens is 332 g/mol. The van der Waals surface area contributed by atoms with Crippen LogP contribution in [-0.2, 0) is 22.9 Å². The van der Waals surface area contributed by atoms with E-state index in [0.29, 0.717) is 36.1 Å². The SMILES string of the molecule is C[C@@H]1CC[C@@H](C)N1[C@H]1CCCN(S(=O)(=O)c2ccc3c(c2)CCC3)C1. The molecule has 3 atom stereocenters. The van der Waals surface area contributed by atoms with E-state index in [4.69, 9.17) is 0 Å². The van der Waals surface area contributed by atoms with Crippen molar-refractivity contribution in [3.8, 4) is 0 Å². The van der Waals surface area contributed by atoms with Gasteiger partial charge in [0.15, 0.2) is 0 Å². The molecule has 0 aromatic heterocycles. The van der Waals surface area contributed by atoms with E-state index in [1.165, 1.54) is 24.0 Å². The standard InChI is InChI=1S/C20H30N2O2S/c1-15-8-9-16(2)22(15)19-7-4-12-21(14-19)25(23,24)20-11-10-17-5-3-6-18(17)13-20/h10-11,13,15-16,19H,3-9,12,14H2,1-2H3/t15-,16-,19+/m1/s1. The van der Waals surface area contributed by atoms with Crippen LogP contribution in [0.1, 0.15) is 57.1 Å². The molecule has 3 aliphatic rings. The van der Waals surface area contributed by atoms with E-state index in [0.717, 1.165) is 32.1 Å². The van der Waals surface area contributed by atoms with Crippen molar-refractivity contribution >= 4 is 10.0 Å². The maximum absolute atomic E-state index is 13.2. The molecule has 2 fully saturated rings. The fourth-order valence-corrected chi connectivity index (χ4v) is 6.74. The van der Waals surface area contributed by atoms with Crippen LogP contribution in [0.3, 0.4) is 0 Å². The lowest BCUT2D eigenvalue weighted by molar-refractivity contribution is 0.0979. The minimum Gasteiger partial charge on any atom is -0.294 e. The summed E-state index contributed by atoms with van der Waals surface area (Å²) in [6, 6.07) is 7.30. The van der Waals surface area contributed by atoms with Crippen molar-refractivity contribution in [3.63, 3.8) is 0 Å². The maximum Gasteiger partial charge on any atom is 0.243 e. The average molecular weight is 363 g/mol. The molecule has 0 bridgehead atoms. The molecular formula is C20H30N2O2S. The van der Waals surface area contributed by atoms with E-state index in [1.54, 1.807) is 4.31 Å². The monoisotopic (exact) mass is 362 g/mol. The highest BCUT2D eigenvalue weighted by Crippen LogP contribution is 2.32. The first-order chi connectivity index (χ1) is 12.0. The van der Waals surface area contributed by atoms with E-state index < -0.39 is 10.0 Å². The molecule has 0 spiro atoms. The van der Waals surface area contributed by atoms with Crippen LogP contribution >= 0.6 is 0 Å². The zero-order chi connectivity index (χ0) is 17.6. The molecule has 4 rings (SSSR count). The number of aryl methyl sites for hydroxylation is 2. The Balaban J connectivity index is 1.56. The highest BCUT2D eigenvalue weighted by molar-refractivity contribution is 7.89. The Morgan fingerprint density at radius 2 is 1.68 bits per heavy atom. The normalized spacial score (nSPS) is 31.4. The van der Waals surface area contributed by atoms with Crippen LogP contribution in [0.4, 0.5) is 0 Å². The van der Waals surface area contributed by atoms with Gasteiger partial charge in [-0.25, -0.2) is 8.42 Å². The van der Waals surface area contributed by atoms with Gasteiger partial charge in [0.2, 0.25) is 10.0 Å². The summed E-state index contributed by atoms with van der Waals surface area (Å²) in [6.07, 6.45) is 7.80. The number of sulfonamides is 1. The molecule has 4 nitrogen and oxygen atoms in total. The molecule has 1 aliphatic carbocycles. The Labute approximate surface area is 152 Å². The van der Waals surface area contributed by atoms with Gasteiger partial charge in [0.1, 0.15) is 0 Å². The fraction of sp³-hybridized carbons (Fsp3) is 0.700. The Kier molecular flexibility index (Phi) is 4.67. The molecule has 0 saturated carbocycles. The molecule has 2 heterocycles. The first kappa shape index (κ1) is 17.5. The molecule has 2 aliphatic heterocycles. The summed E-state index contributed by atoms with van der Waals surface area (Å²) in [6.45, 7) is 5.88. The third-order valence-electron chi connectivity index (χ3n) is 6.51. The van der Waals surface area contributed by atoms with Crippen molar-refractivity contribution in [3.05, 3.63) is 29.3 Å². The number of nitrogens with zero attached hydrogens (tertiary/aromatic N) is 2. The van der Waals surface area contributed by atoms with E-state index in [2.05, 4.69) is 18.7 Å². The summed E-state index contributed by atoms with van der Waals surface area (Å²) in [5.41, 5.74) is 2.56. The molecule has 0 radical (unpaired) electrons. The molecule has 0 unspecified atom stereocenters. The van der Waals surface area contributed by atoms with Gasteiger partial charge in [-0.15, -0.1) is 0 Å². The van der Waals surface area contributed by atoms with Gasteiger partial charge in [0, 0.05) is 31.2 Å². The highest BCUT2D eigenvalue weighted by atomic mass is 32.2. The van der Waals surface area contributed by atoms with Gasteiger partial charge in [0.25, 0.3) is 0 Å². The van der Waals surface area contributed by atoms with Crippen LogP contribution in [0.2, 0.25) is 0 Å². The average Bonchev–Trinajstić information content (AvgIpc) is 3.20. The van der Waals surface area contributed by atoms with Crippen LogP contribution in [0, 0.1) is 0 Å². The number of rotatable bonds is 3. The maximum atomic E-state index is 13.2. The number of piperidine rings is 1. The van der Waals surface area contributed by atoms with Gasteiger partial charge >= 0.3 is 0 Å². The van der Waals surface area contributed by atoms with Crippen LogP contribution in [0.25, 0.3) is 0 Å². The van der Waals surface area contributed by atoms with Crippen molar-refractivity contribution in [2.24, 2.45) is 0 Å². The number of likely N-dealkylation sites (tertiary alicyclic amines) is 1. The van der Waals surface area contributed by atoms with E-state index in [-0.39, 0.29) is 0 Å². The lowest BCUT2D eigenvalue weighted by atomic mass is 10.0. The van der Waals surface area contributed by atoms with Crippen LogP contribution in [0.5, 0.6) is 0 Å². The lowest BCUT2D eigenvalue weighted by Crippen LogP contribution is -2.52.